The van der Waals surface area contributed by atoms with Crippen LogP contribution in [0.5, 0.6) is 28.7 Å². The number of esters is 1. The van der Waals surface area contributed by atoms with E-state index in [1.165, 1.54) is 50.6 Å². The molecule has 9 heteroatoms. The van der Waals surface area contributed by atoms with Crippen LogP contribution >= 0.6 is 0 Å². The van der Waals surface area contributed by atoms with Gasteiger partial charge in [0.15, 0.2) is 0 Å². The van der Waals surface area contributed by atoms with Crippen molar-refractivity contribution < 1.29 is 43.2 Å². The monoisotopic (exact) mass is 632 g/mol. The summed E-state index contributed by atoms with van der Waals surface area (Å²) >= 11 is 0. The molecule has 5 aromatic rings. The van der Waals surface area contributed by atoms with E-state index >= 15 is 0 Å². The summed E-state index contributed by atoms with van der Waals surface area (Å²) in [4.78, 5) is 41.1. The molecule has 0 aliphatic rings. The molecule has 47 heavy (non-hydrogen) atoms. The second kappa shape index (κ2) is 15.3. The Morgan fingerprint density at radius 3 is 1.60 bits per heavy atom. The highest BCUT2D eigenvalue weighted by Crippen LogP contribution is 2.35. The molecule has 0 radical (unpaired) electrons. The van der Waals surface area contributed by atoms with Gasteiger partial charge in [0.25, 0.3) is 0 Å². The summed E-state index contributed by atoms with van der Waals surface area (Å²) in [6, 6.07) is 34.0. The Balaban J connectivity index is 1.37. The maximum atomic E-state index is 13.9. The Morgan fingerprint density at radius 2 is 1.11 bits per heavy atom. The second-order valence-corrected chi connectivity index (χ2v) is 10.3. The number of benzene rings is 5. The first-order valence-electron chi connectivity index (χ1n) is 14.6. The van der Waals surface area contributed by atoms with E-state index in [4.69, 9.17) is 23.7 Å². The highest BCUT2D eigenvalue weighted by atomic mass is 16.6. The van der Waals surface area contributed by atoms with Crippen molar-refractivity contribution in [1.29, 1.82) is 0 Å². The lowest BCUT2D eigenvalue weighted by atomic mass is 9.96. The Kier molecular flexibility index (Phi) is 10.5. The maximum absolute atomic E-state index is 13.9. The van der Waals surface area contributed by atoms with Crippen molar-refractivity contribution in [2.75, 3.05) is 14.2 Å². The summed E-state index contributed by atoms with van der Waals surface area (Å²) in [6.45, 7) is 0.651. The zero-order chi connectivity index (χ0) is 33.2. The number of hydrogen-bond donors (Lipinski definition) is 1. The topological polar surface area (TPSA) is 118 Å². The minimum atomic E-state index is -1.96. The number of phenols is 1. The van der Waals surface area contributed by atoms with Crippen molar-refractivity contribution in [3.05, 3.63) is 149 Å². The van der Waals surface area contributed by atoms with Gasteiger partial charge in [-0.1, -0.05) is 60.7 Å². The van der Waals surface area contributed by atoms with Crippen LogP contribution in [-0.2, 0) is 18.0 Å². The van der Waals surface area contributed by atoms with Crippen LogP contribution in [0.25, 0.3) is 0 Å². The smallest absolute Gasteiger partial charge is 0.339 e. The number of phenolic OH excluding ortho intramolecular Hbond substituents is 1. The molecule has 9 nitrogen and oxygen atoms in total. The minimum Gasteiger partial charge on any atom is -0.507 e. The van der Waals surface area contributed by atoms with Gasteiger partial charge in [0.2, 0.25) is 17.7 Å². The maximum Gasteiger partial charge on any atom is 0.339 e. The summed E-state index contributed by atoms with van der Waals surface area (Å²) in [5.74, 6) is -2.07. The van der Waals surface area contributed by atoms with Gasteiger partial charge in [-0.15, -0.1) is 0 Å². The van der Waals surface area contributed by atoms with Crippen molar-refractivity contribution in [2.24, 2.45) is 0 Å². The number of methoxy groups -OCH3 is 2. The van der Waals surface area contributed by atoms with E-state index in [-0.39, 0.29) is 28.2 Å². The van der Waals surface area contributed by atoms with Crippen LogP contribution in [0.2, 0.25) is 0 Å². The minimum absolute atomic E-state index is 0.0646. The third-order valence-corrected chi connectivity index (χ3v) is 7.18. The molecular weight excluding hydrogens is 600 g/mol. The molecule has 1 atom stereocenters. The second-order valence-electron chi connectivity index (χ2n) is 10.3. The van der Waals surface area contributed by atoms with Gasteiger partial charge in [-0.2, -0.15) is 0 Å². The van der Waals surface area contributed by atoms with Crippen LogP contribution in [0.15, 0.2) is 121 Å². The largest absolute Gasteiger partial charge is 0.507 e. The van der Waals surface area contributed by atoms with E-state index in [2.05, 4.69) is 0 Å². The van der Waals surface area contributed by atoms with Crippen LogP contribution < -0.4 is 18.9 Å². The summed E-state index contributed by atoms with van der Waals surface area (Å²) in [5.41, 5.74) is 1.77. The predicted octanol–water partition coefficient (Wildman–Crippen LogP) is 6.86. The van der Waals surface area contributed by atoms with Crippen molar-refractivity contribution in [2.45, 2.75) is 19.3 Å². The molecule has 0 aliphatic carbocycles. The first-order chi connectivity index (χ1) is 22.9. The number of ether oxygens (including phenoxy) is 5. The van der Waals surface area contributed by atoms with Gasteiger partial charge in [0.1, 0.15) is 47.5 Å². The van der Waals surface area contributed by atoms with E-state index in [0.717, 1.165) is 11.1 Å². The van der Waals surface area contributed by atoms with Crippen LogP contribution in [0.4, 0.5) is 0 Å². The first kappa shape index (κ1) is 32.3. The molecule has 0 spiro atoms. The zero-order valence-corrected chi connectivity index (χ0v) is 25.8. The van der Waals surface area contributed by atoms with E-state index < -0.39 is 29.4 Å². The van der Waals surface area contributed by atoms with Gasteiger partial charge in [0.05, 0.1) is 19.8 Å². The first-order valence-corrected chi connectivity index (χ1v) is 14.6. The van der Waals surface area contributed by atoms with Gasteiger partial charge in [-0.3, -0.25) is 9.59 Å². The normalized spacial score (nSPS) is 11.2. The lowest BCUT2D eigenvalue weighted by Crippen LogP contribution is -2.35. The summed E-state index contributed by atoms with van der Waals surface area (Å²) in [6.07, 6.45) is -1.96. The molecule has 1 unspecified atom stereocenters. The van der Waals surface area contributed by atoms with Gasteiger partial charge in [-0.05, 0) is 59.7 Å². The average molecular weight is 633 g/mol. The molecule has 0 saturated heterocycles. The third kappa shape index (κ3) is 8.15. The molecule has 5 aromatic carbocycles. The third-order valence-electron chi connectivity index (χ3n) is 7.18. The summed E-state index contributed by atoms with van der Waals surface area (Å²) in [5, 5.41) is 10.7. The van der Waals surface area contributed by atoms with Gasteiger partial charge in [0, 0.05) is 17.7 Å². The van der Waals surface area contributed by atoms with E-state index in [1.807, 2.05) is 60.7 Å². The predicted molar refractivity (Wildman–Crippen MR) is 174 cm³/mol. The fourth-order valence-corrected chi connectivity index (χ4v) is 4.67. The molecular formula is C38H32O9. The van der Waals surface area contributed by atoms with Crippen molar-refractivity contribution >= 4 is 17.5 Å². The molecule has 0 aromatic heterocycles. The quantitative estimate of drug-likeness (QED) is 0.0796. The summed E-state index contributed by atoms with van der Waals surface area (Å²) < 4.78 is 27.7. The van der Waals surface area contributed by atoms with Gasteiger partial charge in [-0.25, -0.2) is 4.79 Å². The van der Waals surface area contributed by atoms with Crippen LogP contribution in [0.1, 0.15) is 42.2 Å². The number of carbonyl (C=O) groups is 3. The molecule has 0 heterocycles. The van der Waals surface area contributed by atoms with Crippen molar-refractivity contribution in [3.63, 3.8) is 0 Å². The molecule has 5 rings (SSSR count). The molecule has 0 aliphatic heterocycles. The Labute approximate surface area is 271 Å². The molecule has 0 saturated carbocycles. The SMILES string of the molecule is COc1cc(O)c(C(=O)C(OC(=O)c2ccc(OCc3ccccc3)cc2)C(=O)c2ccc(OCc3ccccc3)cc2)c(OC)c1. The molecule has 0 bridgehead atoms. The lowest BCUT2D eigenvalue weighted by Gasteiger charge is -2.19. The van der Waals surface area contributed by atoms with Gasteiger partial charge >= 0.3 is 5.97 Å². The van der Waals surface area contributed by atoms with Gasteiger partial charge < -0.3 is 28.8 Å². The molecule has 0 amide bonds. The number of ketones is 2. The zero-order valence-electron chi connectivity index (χ0n) is 25.8. The van der Waals surface area contributed by atoms with E-state index in [1.54, 1.807) is 24.3 Å². The van der Waals surface area contributed by atoms with Crippen LogP contribution in [0.3, 0.4) is 0 Å². The highest BCUT2D eigenvalue weighted by Gasteiger charge is 2.36. The number of hydrogen-bond acceptors (Lipinski definition) is 9. The van der Waals surface area contributed by atoms with Crippen LogP contribution in [-0.4, -0.2) is 43.0 Å². The Morgan fingerprint density at radius 1 is 0.596 bits per heavy atom. The lowest BCUT2D eigenvalue weighted by molar-refractivity contribution is 0.0272. The average Bonchev–Trinajstić information content (AvgIpc) is 3.12. The standard InChI is InChI=1S/C38H32O9/c1-43-31-21-32(39)34(33(22-31)44-2)36(41)37(35(40)27-13-17-29(18-14-27)45-23-25-9-5-3-6-10-25)47-38(42)28-15-19-30(20-16-28)46-24-26-11-7-4-8-12-26/h3-22,37,39H,23-24H2,1-2H3. The Bertz CT molecular complexity index is 1820. The van der Waals surface area contributed by atoms with E-state index in [0.29, 0.717) is 24.7 Å². The highest BCUT2D eigenvalue weighted by molar-refractivity contribution is 6.21. The number of carbonyl (C=O) groups excluding carboxylic acids is 3. The number of Topliss-reactive ketones (excluding diaryl/α,β-unsaturated/α-hetero) is 2. The molecule has 0 fully saturated rings. The summed E-state index contributed by atoms with van der Waals surface area (Å²) in [7, 11) is 2.68. The fourth-order valence-electron chi connectivity index (χ4n) is 4.67. The van der Waals surface area contributed by atoms with Crippen molar-refractivity contribution in [3.8, 4) is 28.7 Å². The fraction of sp³-hybridized carbons (Fsp3) is 0.132. The molecule has 1 N–H and O–H groups in total. The number of rotatable bonds is 14. The van der Waals surface area contributed by atoms with E-state index in [9.17, 15) is 19.5 Å². The van der Waals surface area contributed by atoms with Crippen molar-refractivity contribution in [1.82, 2.24) is 0 Å². The Hall–Kier alpha value is -6.09. The van der Waals surface area contributed by atoms with Crippen LogP contribution in [0, 0.1) is 0 Å². The number of aromatic hydroxyl groups is 1. The molecule has 238 valence electrons.